The second-order valence-electron chi connectivity index (χ2n) is 10.7. The molecule has 4 aromatic heterocycles. The highest BCUT2D eigenvalue weighted by atomic mass is 31.2. The number of nitrogens with one attached hydrogen (secondary N) is 1. The second kappa shape index (κ2) is 10.9. The number of aromatic nitrogens is 8. The number of nitrogen functional groups attached to an aromatic ring is 2. The molecule has 2 bridgehead atoms. The molecule has 4 aromatic rings. The van der Waals surface area contributed by atoms with Crippen LogP contribution < -0.4 is 22.8 Å². The summed E-state index contributed by atoms with van der Waals surface area (Å²) < 4.78 is 56.6. The molecule has 2 saturated heterocycles. The fourth-order valence-corrected chi connectivity index (χ4v) is 7.89. The van der Waals surface area contributed by atoms with Gasteiger partial charge in [0, 0.05) is 5.92 Å². The number of aliphatic hydroxyl groups is 1. The lowest BCUT2D eigenvalue weighted by atomic mass is 10.1. The van der Waals surface area contributed by atoms with Crippen molar-refractivity contribution >= 4 is 49.7 Å². The molecule has 242 valence electrons. The monoisotopic (exact) mass is 671 g/mol. The minimum Gasteiger partial charge on any atom is -0.390 e. The number of aromatic amines is 1. The number of ether oxygens (including phenoxy) is 1. The molecule has 0 radical (unpaired) electrons. The summed E-state index contributed by atoms with van der Waals surface area (Å²) in [6, 6.07) is -2.15. The zero-order valence-electron chi connectivity index (χ0n) is 22.8. The van der Waals surface area contributed by atoms with Gasteiger partial charge in [0.2, 0.25) is 5.95 Å². The Kier molecular flexibility index (Phi) is 7.30. The second-order valence-corrected chi connectivity index (χ2v) is 13.5. The molecule has 2 aliphatic heterocycles. The first-order valence-electron chi connectivity index (χ1n) is 13.4. The van der Waals surface area contributed by atoms with Crippen LogP contribution in [0.3, 0.4) is 0 Å². The van der Waals surface area contributed by atoms with Gasteiger partial charge < -0.3 is 41.4 Å². The van der Waals surface area contributed by atoms with Crippen LogP contribution in [-0.4, -0.2) is 97.6 Å². The number of phosphoric ester groups is 2. The molecule has 0 amide bonds. The zero-order valence-corrected chi connectivity index (χ0v) is 24.6. The third kappa shape index (κ3) is 5.32. The van der Waals surface area contributed by atoms with Crippen molar-refractivity contribution in [3.05, 3.63) is 29.3 Å². The molecule has 3 fully saturated rings. The predicted molar refractivity (Wildman–Crippen MR) is 149 cm³/mol. The highest BCUT2D eigenvalue weighted by molar-refractivity contribution is 7.47. The van der Waals surface area contributed by atoms with E-state index >= 15 is 0 Å². The number of imidazole rings is 2. The van der Waals surface area contributed by atoms with Crippen molar-refractivity contribution in [1.82, 2.24) is 39.0 Å². The number of hydrogen-bond donors (Lipinski definition) is 7. The van der Waals surface area contributed by atoms with E-state index < -0.39 is 83.1 Å². The molecule has 24 heteroatoms. The fraction of sp³-hybridized carbons (Fsp3) is 0.524. The van der Waals surface area contributed by atoms with E-state index in [-0.39, 0.29) is 40.5 Å². The van der Waals surface area contributed by atoms with Crippen LogP contribution in [0.4, 0.5) is 11.8 Å². The molecule has 3 aliphatic rings. The number of phosphoric acid groups is 2. The number of anilines is 2. The number of fused-ring (bicyclic) bond motifs is 5. The third-order valence-electron chi connectivity index (χ3n) is 7.97. The number of H-pyrrole nitrogens is 1. The van der Waals surface area contributed by atoms with Gasteiger partial charge in [-0.3, -0.25) is 32.4 Å². The first-order valence-corrected chi connectivity index (χ1v) is 16.4. The van der Waals surface area contributed by atoms with Gasteiger partial charge in [-0.25, -0.2) is 29.1 Å². The SMILES string of the molecule is Nc1nc2c(ncn2[C@@H]2C[C@@H]3COP(=O)(O)OC4[C@@H](COP(=O)(O)O[C@H]2C3O)O[C@@H](n2cnc3c(N)ncnc32)[C@H]4N)c(=O)[nH]1. The van der Waals surface area contributed by atoms with Gasteiger partial charge in [0.1, 0.15) is 30.2 Å². The quantitative estimate of drug-likeness (QED) is 0.117. The smallest absolute Gasteiger partial charge is 0.390 e. The first kappa shape index (κ1) is 30.3. The van der Waals surface area contributed by atoms with E-state index in [0.717, 1.165) is 0 Å². The van der Waals surface area contributed by atoms with E-state index in [0.29, 0.717) is 0 Å². The molecular weight excluding hydrogens is 644 g/mol. The lowest BCUT2D eigenvalue weighted by molar-refractivity contribution is -0.0490. The Morgan fingerprint density at radius 2 is 1.62 bits per heavy atom. The van der Waals surface area contributed by atoms with Gasteiger partial charge >= 0.3 is 15.6 Å². The van der Waals surface area contributed by atoms with Crippen molar-refractivity contribution < 1.29 is 46.9 Å². The molecule has 1 aliphatic carbocycles. The van der Waals surface area contributed by atoms with Crippen LogP contribution in [0.1, 0.15) is 18.7 Å². The van der Waals surface area contributed by atoms with E-state index in [1.807, 2.05) is 0 Å². The number of rotatable bonds is 2. The highest BCUT2D eigenvalue weighted by Gasteiger charge is 2.52. The largest absolute Gasteiger partial charge is 0.472 e. The van der Waals surface area contributed by atoms with Crippen molar-refractivity contribution in [2.24, 2.45) is 11.7 Å². The van der Waals surface area contributed by atoms with Crippen LogP contribution in [0.25, 0.3) is 22.3 Å². The normalized spacial score (nSPS) is 37.7. The van der Waals surface area contributed by atoms with Gasteiger partial charge in [-0.2, -0.15) is 4.98 Å². The van der Waals surface area contributed by atoms with Crippen LogP contribution in [0.15, 0.2) is 23.8 Å². The minimum atomic E-state index is -4.99. The summed E-state index contributed by atoms with van der Waals surface area (Å²) in [5, 5.41) is 11.1. The standard InChI is InChI=1S/C21H27N11O11P2/c22-10-15-9(41-20(10)32-6-27-11-16(23)25-4-26-17(11)32)3-40-45(37,38)42-14-8(1-7(13(14)33)2-39-44(35,36)43-15)31-5-28-12-18(31)29-21(24)30-19(12)34/h4-10,13-15,20,33H,1-3,22H2,(H,35,36)(H,37,38)(H2,23,25,26)(H3,24,29,30,34)/t7-,8-,9-,10+,13?,14-,15?,20-/m1/s1. The Labute approximate surface area is 250 Å². The lowest BCUT2D eigenvalue weighted by Crippen LogP contribution is -2.41. The van der Waals surface area contributed by atoms with Crippen LogP contribution in [0.2, 0.25) is 0 Å². The van der Waals surface area contributed by atoms with Crippen molar-refractivity contribution in [2.75, 3.05) is 24.7 Å². The predicted octanol–water partition coefficient (Wildman–Crippen LogP) is -1.71. The van der Waals surface area contributed by atoms with Gasteiger partial charge in [0.05, 0.1) is 44.1 Å². The van der Waals surface area contributed by atoms with Crippen molar-refractivity contribution in [3.8, 4) is 0 Å². The lowest BCUT2D eigenvalue weighted by Gasteiger charge is -2.26. The zero-order chi connectivity index (χ0) is 31.8. The molecule has 10 N–H and O–H groups in total. The number of aliphatic hydroxyl groups excluding tert-OH is 1. The minimum absolute atomic E-state index is 0.0101. The molecule has 10 atom stereocenters. The fourth-order valence-electron chi connectivity index (χ4n) is 5.90. The van der Waals surface area contributed by atoms with E-state index in [1.165, 1.54) is 28.1 Å². The molecule has 1 saturated carbocycles. The highest BCUT2D eigenvalue weighted by Crippen LogP contribution is 2.54. The van der Waals surface area contributed by atoms with Gasteiger partial charge in [-0.1, -0.05) is 0 Å². The summed E-state index contributed by atoms with van der Waals surface area (Å²) >= 11 is 0. The Bertz CT molecular complexity index is 1940. The van der Waals surface area contributed by atoms with Crippen molar-refractivity contribution in [1.29, 1.82) is 0 Å². The maximum absolute atomic E-state index is 13.3. The van der Waals surface area contributed by atoms with E-state index in [4.69, 9.17) is 40.0 Å². The summed E-state index contributed by atoms with van der Waals surface area (Å²) in [5.74, 6) is -1.07. The topological polar surface area (TPSA) is 326 Å². The molecular formula is C21H27N11O11P2. The summed E-state index contributed by atoms with van der Waals surface area (Å²) in [6.07, 6.45) is -3.12. The van der Waals surface area contributed by atoms with Crippen LogP contribution in [-0.2, 0) is 32.0 Å². The number of nitrogens with two attached hydrogens (primary N) is 3. The molecule has 7 rings (SSSR count). The summed E-state index contributed by atoms with van der Waals surface area (Å²) in [6.45, 7) is -1.27. The molecule has 45 heavy (non-hydrogen) atoms. The Hall–Kier alpha value is -3.40. The molecule has 22 nitrogen and oxygen atoms in total. The Morgan fingerprint density at radius 3 is 2.40 bits per heavy atom. The first-order chi connectivity index (χ1) is 21.3. The molecule has 0 aromatic carbocycles. The molecule has 6 heterocycles. The summed E-state index contributed by atoms with van der Waals surface area (Å²) in [7, 11) is -9.90. The Balaban J connectivity index is 1.21. The van der Waals surface area contributed by atoms with Crippen molar-refractivity contribution in [2.45, 2.75) is 49.1 Å². The maximum Gasteiger partial charge on any atom is 0.472 e. The van der Waals surface area contributed by atoms with Gasteiger partial charge in [0.25, 0.3) is 5.56 Å². The number of hydrogen-bond acceptors (Lipinski definition) is 17. The van der Waals surface area contributed by atoms with Crippen LogP contribution >= 0.6 is 15.6 Å². The van der Waals surface area contributed by atoms with E-state index in [2.05, 4.69) is 29.9 Å². The van der Waals surface area contributed by atoms with Crippen molar-refractivity contribution in [3.63, 3.8) is 0 Å². The van der Waals surface area contributed by atoms with Gasteiger partial charge in [0.15, 0.2) is 28.9 Å². The third-order valence-corrected chi connectivity index (χ3v) is 9.94. The molecule has 4 unspecified atom stereocenters. The maximum atomic E-state index is 13.3. The van der Waals surface area contributed by atoms with Gasteiger partial charge in [-0.05, 0) is 6.42 Å². The summed E-state index contributed by atoms with van der Waals surface area (Å²) in [4.78, 5) is 56.4. The van der Waals surface area contributed by atoms with Gasteiger partial charge in [-0.15, -0.1) is 0 Å². The van der Waals surface area contributed by atoms with Crippen LogP contribution in [0, 0.1) is 5.92 Å². The summed E-state index contributed by atoms with van der Waals surface area (Å²) in [5.41, 5.74) is 17.8. The average Bonchev–Trinajstić information content (AvgIpc) is 3.72. The van der Waals surface area contributed by atoms with Crippen LogP contribution in [0.5, 0.6) is 0 Å². The average molecular weight is 671 g/mol. The number of nitrogens with zero attached hydrogens (tertiary/aromatic N) is 7. The molecule has 0 spiro atoms. The Morgan fingerprint density at radius 1 is 0.933 bits per heavy atom. The van der Waals surface area contributed by atoms with E-state index in [1.54, 1.807) is 0 Å². The van der Waals surface area contributed by atoms with E-state index in [9.17, 15) is 28.8 Å².